The zero-order valence-electron chi connectivity index (χ0n) is 12.1. The maximum atomic E-state index is 5.93. The second-order valence-corrected chi connectivity index (χ2v) is 5.33. The first-order valence-electron chi connectivity index (χ1n) is 6.70. The molecule has 0 aromatic heterocycles. The number of nitrogens with one attached hydrogen (secondary N) is 1. The van der Waals surface area contributed by atoms with Crippen LogP contribution < -0.4 is 10.1 Å². The summed E-state index contributed by atoms with van der Waals surface area (Å²) in [5.41, 5.74) is 3.80. The van der Waals surface area contributed by atoms with Crippen LogP contribution in [0.4, 0.5) is 0 Å². The van der Waals surface area contributed by atoms with Gasteiger partial charge in [-0.2, -0.15) is 0 Å². The molecule has 2 aromatic carbocycles. The Bertz CT molecular complexity index is 566. The number of halogens is 1. The zero-order chi connectivity index (χ0) is 14.5. The first kappa shape index (κ1) is 14.9. The van der Waals surface area contributed by atoms with Crippen LogP contribution in [-0.2, 0) is 6.42 Å². The van der Waals surface area contributed by atoms with Crippen molar-refractivity contribution in [3.8, 4) is 5.75 Å². The van der Waals surface area contributed by atoms with Gasteiger partial charge in [0.15, 0.2) is 0 Å². The van der Waals surface area contributed by atoms with E-state index >= 15 is 0 Å². The van der Waals surface area contributed by atoms with Gasteiger partial charge in [0.2, 0.25) is 0 Å². The number of aryl methyl sites for hydroxylation is 1. The second kappa shape index (κ2) is 6.78. The molecule has 2 rings (SSSR count). The van der Waals surface area contributed by atoms with Crippen LogP contribution in [-0.4, -0.2) is 14.2 Å². The zero-order valence-corrected chi connectivity index (χ0v) is 12.9. The van der Waals surface area contributed by atoms with Crippen LogP contribution in [0.2, 0.25) is 5.02 Å². The molecule has 0 amide bonds. The average Bonchev–Trinajstić information content (AvgIpc) is 2.47. The van der Waals surface area contributed by atoms with E-state index in [-0.39, 0.29) is 6.04 Å². The molecule has 0 aliphatic rings. The molecule has 0 fully saturated rings. The van der Waals surface area contributed by atoms with Gasteiger partial charge in [-0.05, 0) is 61.3 Å². The van der Waals surface area contributed by atoms with E-state index in [1.54, 1.807) is 7.11 Å². The van der Waals surface area contributed by atoms with Crippen molar-refractivity contribution < 1.29 is 4.74 Å². The molecule has 1 N–H and O–H groups in total. The molecule has 20 heavy (non-hydrogen) atoms. The van der Waals surface area contributed by atoms with Gasteiger partial charge in [-0.15, -0.1) is 0 Å². The summed E-state index contributed by atoms with van der Waals surface area (Å²) >= 11 is 5.93. The van der Waals surface area contributed by atoms with Crippen LogP contribution in [0, 0.1) is 6.92 Å². The molecule has 0 saturated carbocycles. The van der Waals surface area contributed by atoms with Crippen molar-refractivity contribution in [3.63, 3.8) is 0 Å². The molecule has 1 unspecified atom stereocenters. The summed E-state index contributed by atoms with van der Waals surface area (Å²) in [6.45, 7) is 2.12. The third-order valence-electron chi connectivity index (χ3n) is 3.55. The summed E-state index contributed by atoms with van der Waals surface area (Å²) in [6.07, 6.45) is 0.931. The normalized spacial score (nSPS) is 12.2. The van der Waals surface area contributed by atoms with Crippen molar-refractivity contribution in [1.82, 2.24) is 5.32 Å². The van der Waals surface area contributed by atoms with Gasteiger partial charge in [0.25, 0.3) is 0 Å². The Balaban J connectivity index is 2.21. The molecule has 0 heterocycles. The predicted octanol–water partition coefficient (Wildman–Crippen LogP) is 4.16. The lowest BCUT2D eigenvalue weighted by Crippen LogP contribution is -2.19. The minimum atomic E-state index is 0.280. The molecule has 0 aliphatic carbocycles. The Labute approximate surface area is 125 Å². The molecule has 0 spiro atoms. The Kier molecular flexibility index (Phi) is 5.05. The van der Waals surface area contributed by atoms with Crippen molar-refractivity contribution in [2.24, 2.45) is 0 Å². The topological polar surface area (TPSA) is 21.3 Å². The lowest BCUT2D eigenvalue weighted by Gasteiger charge is -2.19. The van der Waals surface area contributed by atoms with Crippen LogP contribution in [0.25, 0.3) is 0 Å². The highest BCUT2D eigenvalue weighted by molar-refractivity contribution is 6.30. The number of hydrogen-bond donors (Lipinski definition) is 1. The molecule has 1 atom stereocenters. The predicted molar refractivity (Wildman–Crippen MR) is 84.7 cm³/mol. The van der Waals surface area contributed by atoms with Crippen LogP contribution >= 0.6 is 11.6 Å². The highest BCUT2D eigenvalue weighted by atomic mass is 35.5. The first-order chi connectivity index (χ1) is 9.63. The fourth-order valence-corrected chi connectivity index (χ4v) is 2.52. The van der Waals surface area contributed by atoms with E-state index in [4.69, 9.17) is 16.3 Å². The Morgan fingerprint density at radius 1 is 1.15 bits per heavy atom. The third kappa shape index (κ3) is 3.53. The number of likely N-dealkylation sites (N-methyl/N-ethyl adjacent to an activating group) is 1. The van der Waals surface area contributed by atoms with Gasteiger partial charge in [-0.3, -0.25) is 0 Å². The minimum absolute atomic E-state index is 0.280. The van der Waals surface area contributed by atoms with Crippen LogP contribution in [0.5, 0.6) is 5.75 Å². The second-order valence-electron chi connectivity index (χ2n) is 4.89. The van der Waals surface area contributed by atoms with Crippen molar-refractivity contribution in [1.29, 1.82) is 0 Å². The Morgan fingerprint density at radius 2 is 1.85 bits per heavy atom. The largest absolute Gasteiger partial charge is 0.497 e. The smallest absolute Gasteiger partial charge is 0.119 e. The van der Waals surface area contributed by atoms with Crippen LogP contribution in [0.1, 0.15) is 22.7 Å². The van der Waals surface area contributed by atoms with Gasteiger partial charge < -0.3 is 10.1 Å². The molecule has 0 aliphatic heterocycles. The molecular weight excluding hydrogens is 270 g/mol. The maximum Gasteiger partial charge on any atom is 0.119 e. The molecule has 0 saturated heterocycles. The number of rotatable bonds is 5. The van der Waals surface area contributed by atoms with Gasteiger partial charge in [0.1, 0.15) is 5.75 Å². The SMILES string of the molecule is CNC(Cc1ccc(Cl)cc1)c1ccc(OC)cc1C. The summed E-state index contributed by atoms with van der Waals surface area (Å²) in [5.74, 6) is 0.896. The molecule has 2 aromatic rings. The highest BCUT2D eigenvalue weighted by Gasteiger charge is 2.13. The maximum absolute atomic E-state index is 5.93. The van der Waals surface area contributed by atoms with Gasteiger partial charge in [-0.25, -0.2) is 0 Å². The van der Waals surface area contributed by atoms with Gasteiger partial charge in [0.05, 0.1) is 7.11 Å². The number of hydrogen-bond acceptors (Lipinski definition) is 2. The minimum Gasteiger partial charge on any atom is -0.497 e. The van der Waals surface area contributed by atoms with E-state index in [1.165, 1.54) is 16.7 Å². The van der Waals surface area contributed by atoms with Crippen LogP contribution in [0.3, 0.4) is 0 Å². The van der Waals surface area contributed by atoms with E-state index in [1.807, 2.05) is 25.2 Å². The monoisotopic (exact) mass is 289 g/mol. The van der Waals surface area contributed by atoms with E-state index in [0.29, 0.717) is 0 Å². The van der Waals surface area contributed by atoms with Crippen LogP contribution in [0.15, 0.2) is 42.5 Å². The quantitative estimate of drug-likeness (QED) is 0.892. The number of methoxy groups -OCH3 is 1. The fourth-order valence-electron chi connectivity index (χ4n) is 2.39. The highest BCUT2D eigenvalue weighted by Crippen LogP contribution is 2.25. The van der Waals surface area contributed by atoms with E-state index in [9.17, 15) is 0 Å². The Morgan fingerprint density at radius 3 is 2.40 bits per heavy atom. The summed E-state index contributed by atoms with van der Waals surface area (Å²) in [6, 6.07) is 14.5. The van der Waals surface area contributed by atoms with Crippen molar-refractivity contribution in [2.45, 2.75) is 19.4 Å². The third-order valence-corrected chi connectivity index (χ3v) is 3.81. The van der Waals surface area contributed by atoms with Gasteiger partial charge in [0, 0.05) is 11.1 Å². The number of ether oxygens (including phenoxy) is 1. The molecule has 0 radical (unpaired) electrons. The molecule has 3 heteroatoms. The Hall–Kier alpha value is -1.51. The van der Waals surface area contributed by atoms with Gasteiger partial charge >= 0.3 is 0 Å². The summed E-state index contributed by atoms with van der Waals surface area (Å²) in [7, 11) is 3.68. The van der Waals surface area contributed by atoms with Crippen molar-refractivity contribution in [3.05, 3.63) is 64.2 Å². The standard InChI is InChI=1S/C17H20ClNO/c1-12-10-15(20-3)8-9-16(12)17(19-2)11-13-4-6-14(18)7-5-13/h4-10,17,19H,11H2,1-3H3. The number of benzene rings is 2. The van der Waals surface area contributed by atoms with Crippen molar-refractivity contribution >= 4 is 11.6 Å². The molecule has 106 valence electrons. The van der Waals surface area contributed by atoms with E-state index in [2.05, 4.69) is 36.5 Å². The first-order valence-corrected chi connectivity index (χ1v) is 7.08. The van der Waals surface area contributed by atoms with E-state index < -0.39 is 0 Å². The summed E-state index contributed by atoms with van der Waals surface area (Å²) in [5, 5.41) is 4.16. The molecule has 2 nitrogen and oxygen atoms in total. The summed E-state index contributed by atoms with van der Waals surface area (Å²) in [4.78, 5) is 0. The lowest BCUT2D eigenvalue weighted by molar-refractivity contribution is 0.414. The molecular formula is C17H20ClNO. The fraction of sp³-hybridized carbons (Fsp3) is 0.294. The molecule has 0 bridgehead atoms. The summed E-state index contributed by atoms with van der Waals surface area (Å²) < 4.78 is 5.26. The van der Waals surface area contributed by atoms with Gasteiger partial charge in [-0.1, -0.05) is 29.8 Å². The average molecular weight is 290 g/mol. The van der Waals surface area contributed by atoms with Crippen molar-refractivity contribution in [2.75, 3.05) is 14.2 Å². The van der Waals surface area contributed by atoms with E-state index in [0.717, 1.165) is 17.2 Å². The lowest BCUT2D eigenvalue weighted by atomic mass is 9.95.